The molecule has 2 rings (SSSR count). The third-order valence-corrected chi connectivity index (χ3v) is 4.23. The SMILES string of the molecule is CCOC(=O)c1cnc(SC2CCCC2O)nc1N. The minimum Gasteiger partial charge on any atom is -0.462 e. The number of hydrogen-bond donors (Lipinski definition) is 2. The number of nitrogens with two attached hydrogens (primary N) is 1. The highest BCUT2D eigenvalue weighted by Crippen LogP contribution is 2.33. The van der Waals surface area contributed by atoms with Gasteiger partial charge in [-0.15, -0.1) is 0 Å². The highest BCUT2D eigenvalue weighted by Gasteiger charge is 2.27. The van der Waals surface area contributed by atoms with Crippen molar-refractivity contribution in [3.8, 4) is 0 Å². The maximum Gasteiger partial charge on any atom is 0.343 e. The molecule has 1 fully saturated rings. The number of aliphatic hydroxyl groups is 1. The summed E-state index contributed by atoms with van der Waals surface area (Å²) in [7, 11) is 0. The lowest BCUT2D eigenvalue weighted by atomic mass is 10.3. The molecule has 0 saturated heterocycles. The van der Waals surface area contributed by atoms with Gasteiger partial charge >= 0.3 is 5.97 Å². The topological polar surface area (TPSA) is 98.3 Å². The van der Waals surface area contributed by atoms with E-state index in [1.165, 1.54) is 18.0 Å². The van der Waals surface area contributed by atoms with Gasteiger partial charge in [-0.1, -0.05) is 11.8 Å². The van der Waals surface area contributed by atoms with Crippen molar-refractivity contribution in [3.63, 3.8) is 0 Å². The van der Waals surface area contributed by atoms with Crippen LogP contribution in [0.2, 0.25) is 0 Å². The van der Waals surface area contributed by atoms with Gasteiger partial charge in [0.25, 0.3) is 0 Å². The van der Waals surface area contributed by atoms with Crippen molar-refractivity contribution in [2.75, 3.05) is 12.3 Å². The molecule has 104 valence electrons. The summed E-state index contributed by atoms with van der Waals surface area (Å²) in [5.74, 6) is -0.402. The van der Waals surface area contributed by atoms with Gasteiger partial charge in [-0.05, 0) is 26.2 Å². The van der Waals surface area contributed by atoms with E-state index in [2.05, 4.69) is 9.97 Å². The molecule has 3 N–H and O–H groups in total. The lowest BCUT2D eigenvalue weighted by molar-refractivity contribution is 0.0526. The fourth-order valence-corrected chi connectivity index (χ4v) is 3.09. The smallest absolute Gasteiger partial charge is 0.343 e. The van der Waals surface area contributed by atoms with E-state index >= 15 is 0 Å². The number of hydrogen-bond acceptors (Lipinski definition) is 7. The molecular formula is C12H17N3O3S. The van der Waals surface area contributed by atoms with Gasteiger partial charge < -0.3 is 15.6 Å². The first-order valence-electron chi connectivity index (χ1n) is 6.26. The van der Waals surface area contributed by atoms with Gasteiger partial charge in [0, 0.05) is 11.4 Å². The zero-order valence-corrected chi connectivity index (χ0v) is 11.5. The molecule has 7 heteroatoms. The highest BCUT2D eigenvalue weighted by atomic mass is 32.2. The fraction of sp³-hybridized carbons (Fsp3) is 0.583. The number of nitrogen functional groups attached to an aromatic ring is 1. The molecule has 2 atom stereocenters. The minimum absolute atomic E-state index is 0.104. The highest BCUT2D eigenvalue weighted by molar-refractivity contribution is 7.99. The number of anilines is 1. The molecule has 0 amide bonds. The Bertz CT molecular complexity index is 470. The Hall–Kier alpha value is -1.34. The molecule has 1 saturated carbocycles. The maximum absolute atomic E-state index is 11.5. The number of aromatic nitrogens is 2. The molecule has 0 aliphatic heterocycles. The Morgan fingerprint density at radius 3 is 3.00 bits per heavy atom. The van der Waals surface area contributed by atoms with E-state index in [1.807, 2.05) is 0 Å². The molecular weight excluding hydrogens is 266 g/mol. The summed E-state index contributed by atoms with van der Waals surface area (Å²) in [6.07, 6.45) is 3.82. The molecule has 6 nitrogen and oxygen atoms in total. The summed E-state index contributed by atoms with van der Waals surface area (Å²) in [5, 5.41) is 10.3. The Kier molecular flexibility index (Phi) is 4.60. The van der Waals surface area contributed by atoms with Crippen molar-refractivity contribution in [1.29, 1.82) is 0 Å². The average Bonchev–Trinajstić information content (AvgIpc) is 2.75. The molecule has 1 aliphatic rings. The molecule has 19 heavy (non-hydrogen) atoms. The molecule has 0 bridgehead atoms. The van der Waals surface area contributed by atoms with Crippen molar-refractivity contribution < 1.29 is 14.6 Å². The lowest BCUT2D eigenvalue weighted by Crippen LogP contribution is -2.16. The van der Waals surface area contributed by atoms with Crippen LogP contribution < -0.4 is 5.73 Å². The second-order valence-corrected chi connectivity index (χ2v) is 5.53. The number of nitrogens with zero attached hydrogens (tertiary/aromatic N) is 2. The number of thioether (sulfide) groups is 1. The largest absolute Gasteiger partial charge is 0.462 e. The Morgan fingerprint density at radius 2 is 2.42 bits per heavy atom. The van der Waals surface area contributed by atoms with Crippen molar-refractivity contribution in [2.24, 2.45) is 0 Å². The van der Waals surface area contributed by atoms with E-state index in [4.69, 9.17) is 10.5 Å². The number of rotatable bonds is 4. The number of carbonyl (C=O) groups excluding carboxylic acids is 1. The Morgan fingerprint density at radius 1 is 1.63 bits per heavy atom. The van der Waals surface area contributed by atoms with Gasteiger partial charge in [0.05, 0.1) is 12.7 Å². The summed E-state index contributed by atoms with van der Waals surface area (Å²) < 4.78 is 4.85. The van der Waals surface area contributed by atoms with Gasteiger partial charge in [-0.2, -0.15) is 0 Å². The predicted molar refractivity (Wildman–Crippen MR) is 71.9 cm³/mol. The quantitative estimate of drug-likeness (QED) is 0.633. The van der Waals surface area contributed by atoms with Gasteiger partial charge in [-0.3, -0.25) is 0 Å². The van der Waals surface area contributed by atoms with Crippen molar-refractivity contribution in [1.82, 2.24) is 9.97 Å². The van der Waals surface area contributed by atoms with Crippen LogP contribution in [0, 0.1) is 0 Å². The van der Waals surface area contributed by atoms with Crippen molar-refractivity contribution in [2.45, 2.75) is 42.7 Å². The molecule has 0 aromatic carbocycles. The number of esters is 1. The van der Waals surface area contributed by atoms with Gasteiger partial charge in [0.2, 0.25) is 0 Å². The molecule has 1 aromatic rings. The van der Waals surface area contributed by atoms with Crippen LogP contribution in [0.4, 0.5) is 5.82 Å². The summed E-state index contributed by atoms with van der Waals surface area (Å²) in [6.45, 7) is 2.00. The standard InChI is InChI=1S/C12H17N3O3S/c1-2-18-11(17)7-6-14-12(15-10(7)13)19-9-5-3-4-8(9)16/h6,8-9,16H,2-5H2,1H3,(H2,13,14,15). The van der Waals surface area contributed by atoms with E-state index in [-0.39, 0.29) is 29.3 Å². The number of aliphatic hydroxyl groups excluding tert-OH is 1. The first kappa shape index (κ1) is 14.1. The van der Waals surface area contributed by atoms with Crippen LogP contribution in [-0.2, 0) is 4.74 Å². The summed E-state index contributed by atoms with van der Waals surface area (Å²) in [4.78, 5) is 19.7. The second kappa shape index (κ2) is 6.21. The van der Waals surface area contributed by atoms with Gasteiger partial charge in [0.1, 0.15) is 11.4 Å². The maximum atomic E-state index is 11.5. The van der Waals surface area contributed by atoms with Crippen LogP contribution in [0.15, 0.2) is 11.4 Å². The predicted octanol–water partition coefficient (Wildman–Crippen LogP) is 1.24. The molecule has 1 heterocycles. The van der Waals surface area contributed by atoms with Crippen molar-refractivity contribution in [3.05, 3.63) is 11.8 Å². The van der Waals surface area contributed by atoms with Crippen LogP contribution in [0.25, 0.3) is 0 Å². The van der Waals surface area contributed by atoms with Crippen molar-refractivity contribution >= 4 is 23.5 Å². The zero-order chi connectivity index (χ0) is 13.8. The first-order chi connectivity index (χ1) is 9.11. The van der Waals surface area contributed by atoms with E-state index in [0.29, 0.717) is 5.16 Å². The monoisotopic (exact) mass is 283 g/mol. The summed E-state index contributed by atoms with van der Waals surface area (Å²) in [5.41, 5.74) is 5.91. The normalized spacial score (nSPS) is 22.4. The Balaban J connectivity index is 2.08. The van der Waals surface area contributed by atoms with Gasteiger partial charge in [-0.25, -0.2) is 14.8 Å². The first-order valence-corrected chi connectivity index (χ1v) is 7.14. The van der Waals surface area contributed by atoms with E-state index < -0.39 is 5.97 Å². The average molecular weight is 283 g/mol. The summed E-state index contributed by atoms with van der Waals surface area (Å²) >= 11 is 1.40. The van der Waals surface area contributed by atoms with Crippen LogP contribution in [-0.4, -0.2) is 39.0 Å². The van der Waals surface area contributed by atoms with Crippen LogP contribution in [0.5, 0.6) is 0 Å². The fourth-order valence-electron chi connectivity index (χ4n) is 1.98. The zero-order valence-electron chi connectivity index (χ0n) is 10.7. The molecule has 0 spiro atoms. The van der Waals surface area contributed by atoms with Crippen LogP contribution in [0.1, 0.15) is 36.5 Å². The summed E-state index contributed by atoms with van der Waals surface area (Å²) in [6, 6.07) is 0. The third kappa shape index (κ3) is 3.36. The molecule has 0 radical (unpaired) electrons. The number of ether oxygens (including phenoxy) is 1. The van der Waals surface area contributed by atoms with Gasteiger partial charge in [0.15, 0.2) is 5.16 Å². The molecule has 1 aliphatic carbocycles. The lowest BCUT2D eigenvalue weighted by Gasteiger charge is -2.13. The second-order valence-electron chi connectivity index (χ2n) is 4.33. The molecule has 2 unspecified atom stereocenters. The minimum atomic E-state index is -0.516. The van der Waals surface area contributed by atoms with Crippen LogP contribution in [0.3, 0.4) is 0 Å². The Labute approximate surface area is 115 Å². The third-order valence-electron chi connectivity index (χ3n) is 2.97. The van der Waals surface area contributed by atoms with E-state index in [1.54, 1.807) is 6.92 Å². The molecule has 1 aromatic heterocycles. The van der Waals surface area contributed by atoms with Crippen LogP contribution >= 0.6 is 11.8 Å². The van der Waals surface area contributed by atoms with E-state index in [0.717, 1.165) is 19.3 Å². The van der Waals surface area contributed by atoms with E-state index in [9.17, 15) is 9.90 Å². The number of carbonyl (C=O) groups is 1.